The zero-order chi connectivity index (χ0) is 12.1. The van der Waals surface area contributed by atoms with Crippen molar-refractivity contribution in [2.24, 2.45) is 0 Å². The van der Waals surface area contributed by atoms with Crippen LogP contribution in [-0.2, 0) is 26.2 Å². The second-order valence-electron chi connectivity index (χ2n) is 4.27. The normalized spacial score (nSPS) is 13.2. The molecule has 1 aromatic rings. The van der Waals surface area contributed by atoms with E-state index in [0.29, 0.717) is 6.04 Å². The molecule has 1 atom stereocenters. The van der Waals surface area contributed by atoms with Gasteiger partial charge < -0.3 is 0 Å². The minimum absolute atomic E-state index is 0. The van der Waals surface area contributed by atoms with Gasteiger partial charge in [0.05, 0.1) is 0 Å². The second-order valence-corrected chi connectivity index (χ2v) is 4.27. The van der Waals surface area contributed by atoms with Gasteiger partial charge in [0, 0.05) is 32.2 Å². The number of halogens is 3. The van der Waals surface area contributed by atoms with Crippen LogP contribution in [0.5, 0.6) is 0 Å². The topological polar surface area (TPSA) is 3.24 Å². The summed E-state index contributed by atoms with van der Waals surface area (Å²) < 4.78 is 0. The van der Waals surface area contributed by atoms with Crippen LogP contribution in [0.4, 0.5) is 0 Å². The Morgan fingerprint density at radius 2 is 1.62 bits per heavy atom. The Hall–Kier alpha value is 0.413. The number of nitrogens with zero attached hydrogens (tertiary/aromatic N) is 1. The van der Waals surface area contributed by atoms with Crippen LogP contribution in [0.1, 0.15) is 31.9 Å². The summed E-state index contributed by atoms with van der Waals surface area (Å²) in [5.74, 6) is 0. The van der Waals surface area contributed by atoms with Crippen LogP contribution in [0.25, 0.3) is 0 Å². The monoisotopic (exact) mass is 424 g/mol. The van der Waals surface area contributed by atoms with Crippen molar-refractivity contribution in [2.75, 3.05) is 13.1 Å². The van der Waals surface area contributed by atoms with E-state index in [0.717, 1.165) is 19.5 Å². The molecule has 21 heavy (non-hydrogen) atoms. The molecule has 1 unspecified atom stereocenters. The molecule has 0 aromatic heterocycles. The average molecular weight is 427 g/mol. The van der Waals surface area contributed by atoms with Crippen molar-refractivity contribution >= 4 is 37.2 Å². The van der Waals surface area contributed by atoms with Crippen LogP contribution in [0.15, 0.2) is 48.1 Å². The van der Waals surface area contributed by atoms with E-state index in [4.69, 9.17) is 0 Å². The van der Waals surface area contributed by atoms with Crippen molar-refractivity contribution < 1.29 is 26.2 Å². The van der Waals surface area contributed by atoms with Gasteiger partial charge in [0.2, 0.25) is 0 Å². The molecule has 0 aliphatic heterocycles. The largest absolute Gasteiger partial charge is 0.296 e. The van der Waals surface area contributed by atoms with Crippen molar-refractivity contribution in [1.29, 1.82) is 0 Å². The molecule has 2 rings (SSSR count). The molecule has 5 heteroatoms. The minimum Gasteiger partial charge on any atom is -0.296 e. The van der Waals surface area contributed by atoms with Crippen LogP contribution in [-0.4, -0.2) is 18.0 Å². The van der Waals surface area contributed by atoms with Gasteiger partial charge in [-0.05, 0) is 18.7 Å². The molecule has 0 saturated carbocycles. The first-order chi connectivity index (χ1) is 8.36. The third kappa shape index (κ3) is 7.01. The number of benzene rings is 1. The van der Waals surface area contributed by atoms with E-state index in [-0.39, 0.29) is 63.4 Å². The van der Waals surface area contributed by atoms with Crippen molar-refractivity contribution in [3.8, 4) is 0 Å². The Morgan fingerprint density at radius 1 is 1.05 bits per heavy atom. The molecule has 0 fully saturated rings. The molecule has 0 saturated heterocycles. The zero-order valence-corrected chi connectivity index (χ0v) is 17.3. The van der Waals surface area contributed by atoms with Crippen LogP contribution in [0.3, 0.4) is 0 Å². The molecule has 1 aliphatic rings. The Bertz CT molecular complexity index is 417. The van der Waals surface area contributed by atoms with Crippen molar-refractivity contribution in [1.82, 2.24) is 4.90 Å². The molecule has 1 aromatic carbocycles. The van der Waals surface area contributed by atoms with E-state index in [1.165, 1.54) is 11.1 Å². The van der Waals surface area contributed by atoms with Gasteiger partial charge in [-0.15, -0.1) is 43.6 Å². The Kier molecular flexibility index (Phi) is 17.6. The molecule has 0 radical (unpaired) electrons. The van der Waals surface area contributed by atoms with E-state index >= 15 is 0 Å². The fourth-order valence-electron chi connectivity index (χ4n) is 2.42. The molecular weight excluding hydrogens is 404 g/mol. The summed E-state index contributed by atoms with van der Waals surface area (Å²) in [4.78, 5) is 2.48. The number of allylic oxidation sites excluding steroid dienone is 2. The molecule has 0 amide bonds. The van der Waals surface area contributed by atoms with Gasteiger partial charge in [-0.1, -0.05) is 44.2 Å². The van der Waals surface area contributed by atoms with Crippen LogP contribution >= 0.6 is 37.2 Å². The molecule has 1 nitrogen and oxygen atoms in total. The second kappa shape index (κ2) is 14.0. The van der Waals surface area contributed by atoms with Crippen LogP contribution in [0.2, 0.25) is 0 Å². The number of hydrogen-bond donors (Lipinski definition) is 0. The number of likely N-dealkylation sites (N-methyl/N-ethyl adjacent to an activating group) is 1. The van der Waals surface area contributed by atoms with Gasteiger partial charge >= 0.3 is 0 Å². The maximum Gasteiger partial charge on any atom is 0.0269 e. The first-order valence-electron chi connectivity index (χ1n) is 6.43. The van der Waals surface area contributed by atoms with Crippen molar-refractivity contribution in [2.45, 2.75) is 26.3 Å². The predicted octanol–water partition coefficient (Wildman–Crippen LogP) is 5.02. The fraction of sp³-hybridized carbons (Fsp3) is 0.375. The first kappa shape index (κ1) is 26.3. The predicted molar refractivity (Wildman–Crippen MR) is 94.4 cm³/mol. The van der Waals surface area contributed by atoms with Gasteiger partial charge in [-0.3, -0.25) is 11.0 Å². The summed E-state index contributed by atoms with van der Waals surface area (Å²) in [5, 5.41) is 0. The summed E-state index contributed by atoms with van der Waals surface area (Å²) in [6, 6.07) is 11.1. The van der Waals surface area contributed by atoms with Crippen molar-refractivity contribution in [3.05, 3.63) is 59.7 Å². The van der Waals surface area contributed by atoms with Crippen molar-refractivity contribution in [3.63, 3.8) is 0 Å². The molecule has 1 aliphatic carbocycles. The van der Waals surface area contributed by atoms with Crippen LogP contribution in [0, 0.1) is 6.08 Å². The molecule has 0 heterocycles. The van der Waals surface area contributed by atoms with E-state index in [1.54, 1.807) is 0 Å². The van der Waals surface area contributed by atoms with Crippen LogP contribution < -0.4 is 0 Å². The van der Waals surface area contributed by atoms with E-state index < -0.39 is 0 Å². The summed E-state index contributed by atoms with van der Waals surface area (Å²) in [7, 11) is 0. The van der Waals surface area contributed by atoms with Gasteiger partial charge in [-0.2, -0.15) is 6.08 Å². The summed E-state index contributed by atoms with van der Waals surface area (Å²) in [6.45, 7) is 6.57. The molecule has 0 N–H and O–H groups in total. The number of hydrogen-bond acceptors (Lipinski definition) is 1. The minimum atomic E-state index is 0. The Morgan fingerprint density at radius 3 is 2.05 bits per heavy atom. The maximum absolute atomic E-state index is 3.47. The fourth-order valence-corrected chi connectivity index (χ4v) is 2.42. The third-order valence-corrected chi connectivity index (χ3v) is 3.31. The molecule has 0 bridgehead atoms. The Balaban J connectivity index is -0.000000810. The summed E-state index contributed by atoms with van der Waals surface area (Å²) in [5.41, 5.74) is 2.69. The van der Waals surface area contributed by atoms with Gasteiger partial charge in [0.1, 0.15) is 0 Å². The summed E-state index contributed by atoms with van der Waals surface area (Å²) >= 11 is 0. The van der Waals surface area contributed by atoms with E-state index in [1.807, 2.05) is 0 Å². The molecule has 0 spiro atoms. The quantitative estimate of drug-likeness (QED) is 0.597. The first-order valence-corrected chi connectivity index (χ1v) is 6.43. The van der Waals surface area contributed by atoms with Gasteiger partial charge in [0.15, 0.2) is 0 Å². The van der Waals surface area contributed by atoms with Gasteiger partial charge in [-0.25, -0.2) is 11.6 Å². The summed E-state index contributed by atoms with van der Waals surface area (Å²) in [6.07, 6.45) is 8.83. The van der Waals surface area contributed by atoms with E-state index in [9.17, 15) is 0 Å². The molecule has 118 valence electrons. The Labute approximate surface area is 166 Å². The number of rotatable bonds is 5. The maximum atomic E-state index is 3.47. The third-order valence-electron chi connectivity index (χ3n) is 3.31. The standard InChI is InChI=1S/C16H20N.3ClH.Zr/c1-3-17(4-2)16(15-12-8-9-13-15)14-10-6-5-7-11-14;;;;/h5-8,10-12,16H,3-4,9H2,1-2H3;3*1H;/q-1;;;;. The molecular formula is C16H23Cl3NZr-. The van der Waals surface area contributed by atoms with Gasteiger partial charge in [0.25, 0.3) is 0 Å². The smallest absolute Gasteiger partial charge is 0.0269 e. The van der Waals surface area contributed by atoms with E-state index in [2.05, 4.69) is 67.3 Å². The SMILES string of the molecule is CCN(CC)C(C1=[C-]CC=C1)c1ccccc1.Cl.Cl.Cl.[Zr]. The zero-order valence-electron chi connectivity index (χ0n) is 12.4. The average Bonchev–Trinajstić information content (AvgIpc) is 2.90.